The lowest BCUT2D eigenvalue weighted by molar-refractivity contribution is -0.132. The van der Waals surface area contributed by atoms with Crippen LogP contribution in [0.2, 0.25) is 0 Å². The summed E-state index contributed by atoms with van der Waals surface area (Å²) < 4.78 is 5.81. The second kappa shape index (κ2) is 11.3. The third kappa shape index (κ3) is 5.62. The summed E-state index contributed by atoms with van der Waals surface area (Å²) in [5, 5.41) is 14.2. The van der Waals surface area contributed by atoms with E-state index in [0.29, 0.717) is 40.8 Å². The van der Waals surface area contributed by atoms with E-state index >= 15 is 0 Å². The summed E-state index contributed by atoms with van der Waals surface area (Å²) >= 11 is 0. The van der Waals surface area contributed by atoms with E-state index in [0.717, 1.165) is 12.0 Å². The van der Waals surface area contributed by atoms with Crippen molar-refractivity contribution < 1.29 is 24.2 Å². The zero-order valence-electron chi connectivity index (χ0n) is 22.0. The zero-order chi connectivity index (χ0) is 27.4. The number of nitrogens with zero attached hydrogens (tertiary/aromatic N) is 1. The number of ketones is 1. The molecule has 1 atom stereocenters. The lowest BCUT2D eigenvalue weighted by Gasteiger charge is -2.26. The number of hydrogen-bond acceptors (Lipinski definition) is 5. The van der Waals surface area contributed by atoms with Gasteiger partial charge in [0, 0.05) is 23.9 Å². The Hall–Kier alpha value is -4.39. The van der Waals surface area contributed by atoms with Crippen molar-refractivity contribution in [1.82, 2.24) is 0 Å². The molecule has 4 rings (SSSR count). The van der Waals surface area contributed by atoms with E-state index in [1.807, 2.05) is 45.0 Å². The van der Waals surface area contributed by atoms with Crippen LogP contribution < -0.4 is 15.0 Å². The molecule has 2 N–H and O–H groups in total. The highest BCUT2D eigenvalue weighted by Gasteiger charge is 2.47. The number of carbonyl (C=O) groups excluding carboxylic acids is 3. The number of carbonyl (C=O) groups is 3. The Morgan fingerprint density at radius 1 is 1.03 bits per heavy atom. The van der Waals surface area contributed by atoms with E-state index in [2.05, 4.69) is 5.32 Å². The molecule has 2 amide bonds. The number of anilines is 2. The Morgan fingerprint density at radius 3 is 2.39 bits per heavy atom. The summed E-state index contributed by atoms with van der Waals surface area (Å²) in [6.45, 7) is 8.02. The van der Waals surface area contributed by atoms with Crippen LogP contribution >= 0.6 is 0 Å². The van der Waals surface area contributed by atoms with Crippen LogP contribution in [0.15, 0.2) is 78.4 Å². The fourth-order valence-electron chi connectivity index (χ4n) is 4.44. The first-order valence-corrected chi connectivity index (χ1v) is 12.7. The molecule has 38 heavy (non-hydrogen) atoms. The van der Waals surface area contributed by atoms with E-state index in [1.165, 1.54) is 11.8 Å². The molecule has 3 aromatic rings. The zero-order valence-corrected chi connectivity index (χ0v) is 22.0. The summed E-state index contributed by atoms with van der Waals surface area (Å²) in [5.41, 5.74) is 3.08. The molecule has 0 saturated carbocycles. The van der Waals surface area contributed by atoms with E-state index in [-0.39, 0.29) is 17.2 Å². The molecule has 1 unspecified atom stereocenters. The van der Waals surface area contributed by atoms with Gasteiger partial charge in [0.15, 0.2) is 0 Å². The van der Waals surface area contributed by atoms with Crippen molar-refractivity contribution in [2.24, 2.45) is 5.92 Å². The smallest absolute Gasteiger partial charge is 0.300 e. The largest absolute Gasteiger partial charge is 0.507 e. The fourth-order valence-corrected chi connectivity index (χ4v) is 4.44. The third-order valence-electron chi connectivity index (χ3n) is 6.28. The van der Waals surface area contributed by atoms with Gasteiger partial charge in [-0.25, -0.2) is 0 Å². The standard InChI is InChI=1S/C31H32N2O5/c1-5-21-12-14-22(15-13-21)28-27(29(35)23-8-6-11-26(16-23)38-18-19(2)3)30(36)31(37)33(28)25-10-7-9-24(17-25)32-20(4)34/h6-17,19,28,35H,5,18H2,1-4H3,(H,32,34)/b29-27+. The van der Waals surface area contributed by atoms with Gasteiger partial charge in [-0.2, -0.15) is 0 Å². The Kier molecular flexibility index (Phi) is 7.96. The van der Waals surface area contributed by atoms with Gasteiger partial charge in [0.1, 0.15) is 11.5 Å². The summed E-state index contributed by atoms with van der Waals surface area (Å²) in [4.78, 5) is 39.9. The Morgan fingerprint density at radius 2 is 1.74 bits per heavy atom. The highest BCUT2D eigenvalue weighted by atomic mass is 16.5. The number of Topliss-reactive ketones (excluding diaryl/α,β-unsaturated/α-hetero) is 1. The van der Waals surface area contributed by atoms with Gasteiger partial charge in [0.2, 0.25) is 5.91 Å². The number of ether oxygens (including phenoxy) is 1. The number of nitrogens with one attached hydrogen (secondary N) is 1. The molecule has 1 saturated heterocycles. The van der Waals surface area contributed by atoms with Crippen LogP contribution in [0.4, 0.5) is 11.4 Å². The number of aliphatic hydroxyl groups is 1. The molecule has 0 spiro atoms. The van der Waals surface area contributed by atoms with Crippen molar-refractivity contribution in [3.63, 3.8) is 0 Å². The van der Waals surface area contributed by atoms with Gasteiger partial charge in [-0.1, -0.05) is 63.2 Å². The van der Waals surface area contributed by atoms with Crippen LogP contribution in [-0.4, -0.2) is 29.3 Å². The molecule has 196 valence electrons. The van der Waals surface area contributed by atoms with Crippen LogP contribution in [0.1, 0.15) is 50.4 Å². The highest BCUT2D eigenvalue weighted by Crippen LogP contribution is 2.43. The van der Waals surface area contributed by atoms with Crippen molar-refractivity contribution in [1.29, 1.82) is 0 Å². The van der Waals surface area contributed by atoms with Crippen LogP contribution in [0.5, 0.6) is 5.75 Å². The first-order chi connectivity index (χ1) is 18.2. The Bertz CT molecular complexity index is 1390. The monoisotopic (exact) mass is 512 g/mol. The van der Waals surface area contributed by atoms with Crippen molar-refractivity contribution in [3.8, 4) is 5.75 Å². The van der Waals surface area contributed by atoms with Crippen molar-refractivity contribution in [2.75, 3.05) is 16.8 Å². The minimum absolute atomic E-state index is 0.00908. The molecule has 0 aliphatic carbocycles. The Labute approximate surface area is 222 Å². The summed E-state index contributed by atoms with van der Waals surface area (Å²) in [6, 6.07) is 20.4. The number of amides is 2. The highest BCUT2D eigenvalue weighted by molar-refractivity contribution is 6.51. The molecule has 7 heteroatoms. The summed E-state index contributed by atoms with van der Waals surface area (Å²) in [6.07, 6.45) is 0.836. The number of benzene rings is 3. The first kappa shape index (κ1) is 26.7. The lowest BCUT2D eigenvalue weighted by atomic mass is 9.94. The van der Waals surface area contributed by atoms with Gasteiger partial charge < -0.3 is 15.2 Å². The van der Waals surface area contributed by atoms with Gasteiger partial charge in [0.25, 0.3) is 11.7 Å². The van der Waals surface area contributed by atoms with Crippen molar-refractivity contribution in [3.05, 3.63) is 95.1 Å². The topological polar surface area (TPSA) is 95.9 Å². The minimum Gasteiger partial charge on any atom is -0.507 e. The average molecular weight is 513 g/mol. The summed E-state index contributed by atoms with van der Waals surface area (Å²) in [5.74, 6) is -1.20. The molecule has 1 heterocycles. The molecule has 0 bridgehead atoms. The molecule has 3 aromatic carbocycles. The van der Waals surface area contributed by atoms with Gasteiger partial charge in [-0.15, -0.1) is 0 Å². The SMILES string of the molecule is CCc1ccc(C2/C(=C(\O)c3cccc(OCC(C)C)c3)C(=O)C(=O)N2c2cccc(NC(C)=O)c2)cc1. The molecule has 0 aromatic heterocycles. The van der Waals surface area contributed by atoms with E-state index in [1.54, 1.807) is 48.5 Å². The fraction of sp³-hybridized carbons (Fsp3) is 0.258. The van der Waals surface area contributed by atoms with E-state index < -0.39 is 17.7 Å². The van der Waals surface area contributed by atoms with E-state index in [9.17, 15) is 19.5 Å². The minimum atomic E-state index is -0.867. The molecule has 1 fully saturated rings. The second-order valence-electron chi connectivity index (χ2n) is 9.73. The number of hydrogen-bond donors (Lipinski definition) is 2. The van der Waals surface area contributed by atoms with Crippen LogP contribution in [0.25, 0.3) is 5.76 Å². The molecular weight excluding hydrogens is 480 g/mol. The van der Waals surface area contributed by atoms with Crippen LogP contribution in [-0.2, 0) is 20.8 Å². The second-order valence-corrected chi connectivity index (χ2v) is 9.73. The molecular formula is C31H32N2O5. The Balaban J connectivity index is 1.86. The molecule has 7 nitrogen and oxygen atoms in total. The lowest BCUT2D eigenvalue weighted by Crippen LogP contribution is -2.29. The quantitative estimate of drug-likeness (QED) is 0.224. The van der Waals surface area contributed by atoms with Crippen LogP contribution in [0.3, 0.4) is 0 Å². The average Bonchev–Trinajstić information content (AvgIpc) is 3.17. The molecule has 0 radical (unpaired) electrons. The van der Waals surface area contributed by atoms with Crippen LogP contribution in [0, 0.1) is 5.92 Å². The summed E-state index contributed by atoms with van der Waals surface area (Å²) in [7, 11) is 0. The molecule has 1 aliphatic heterocycles. The van der Waals surface area contributed by atoms with Gasteiger partial charge >= 0.3 is 0 Å². The number of rotatable bonds is 8. The molecule has 1 aliphatic rings. The maximum atomic E-state index is 13.5. The van der Waals surface area contributed by atoms with Gasteiger partial charge in [-0.05, 0) is 53.8 Å². The third-order valence-corrected chi connectivity index (χ3v) is 6.28. The van der Waals surface area contributed by atoms with Crippen molar-refractivity contribution in [2.45, 2.75) is 40.2 Å². The normalized spacial score (nSPS) is 16.7. The predicted octanol–water partition coefficient (Wildman–Crippen LogP) is 5.87. The maximum absolute atomic E-state index is 13.5. The van der Waals surface area contributed by atoms with Gasteiger partial charge in [-0.3, -0.25) is 19.3 Å². The number of aryl methyl sites for hydroxylation is 1. The van der Waals surface area contributed by atoms with E-state index in [4.69, 9.17) is 4.74 Å². The maximum Gasteiger partial charge on any atom is 0.300 e. The number of aliphatic hydroxyl groups excluding tert-OH is 1. The van der Waals surface area contributed by atoms with Gasteiger partial charge in [0.05, 0.1) is 18.2 Å². The predicted molar refractivity (Wildman–Crippen MR) is 148 cm³/mol. The first-order valence-electron chi connectivity index (χ1n) is 12.7. The van der Waals surface area contributed by atoms with Crippen molar-refractivity contribution >= 4 is 34.7 Å².